The van der Waals surface area contributed by atoms with Crippen molar-refractivity contribution in [1.29, 1.82) is 0 Å². The van der Waals surface area contributed by atoms with Gasteiger partial charge >= 0.3 is 5.97 Å². The van der Waals surface area contributed by atoms with E-state index in [0.29, 0.717) is 11.3 Å². The highest BCUT2D eigenvalue weighted by Crippen LogP contribution is 2.25. The second-order valence-corrected chi connectivity index (χ2v) is 5.12. The summed E-state index contributed by atoms with van der Waals surface area (Å²) in [6, 6.07) is 3.65. The molecule has 0 bridgehead atoms. The number of nitrogen functional groups attached to an aromatic ring is 1. The summed E-state index contributed by atoms with van der Waals surface area (Å²) >= 11 is 0. The first-order valence-electron chi connectivity index (χ1n) is 5.51. The number of anilines is 2. The lowest BCUT2D eigenvalue weighted by molar-refractivity contribution is 0.0602. The van der Waals surface area contributed by atoms with Crippen LogP contribution >= 0.6 is 0 Å². The largest absolute Gasteiger partial charge is 0.465 e. The molecule has 0 aliphatic rings. The van der Waals surface area contributed by atoms with Crippen molar-refractivity contribution in [3.8, 4) is 0 Å². The van der Waals surface area contributed by atoms with Crippen molar-refractivity contribution >= 4 is 17.3 Å². The molecule has 0 saturated heterocycles. The van der Waals surface area contributed by atoms with Crippen LogP contribution in [0.4, 0.5) is 11.4 Å². The van der Waals surface area contributed by atoms with E-state index >= 15 is 0 Å². The summed E-state index contributed by atoms with van der Waals surface area (Å²) in [6.07, 6.45) is 0. The summed E-state index contributed by atoms with van der Waals surface area (Å²) in [7, 11) is 1.35. The van der Waals surface area contributed by atoms with Gasteiger partial charge in [0.25, 0.3) is 0 Å². The van der Waals surface area contributed by atoms with E-state index < -0.39 is 5.97 Å². The van der Waals surface area contributed by atoms with Gasteiger partial charge in [-0.1, -0.05) is 0 Å². The van der Waals surface area contributed by atoms with Gasteiger partial charge in [-0.25, -0.2) is 4.79 Å². The second kappa shape index (κ2) is 4.65. The van der Waals surface area contributed by atoms with Gasteiger partial charge < -0.3 is 15.8 Å². The van der Waals surface area contributed by atoms with Crippen LogP contribution in [0.3, 0.4) is 0 Å². The fourth-order valence-electron chi connectivity index (χ4n) is 1.58. The van der Waals surface area contributed by atoms with Gasteiger partial charge in [-0.2, -0.15) is 0 Å². The number of rotatable bonds is 2. The highest BCUT2D eigenvalue weighted by molar-refractivity contribution is 5.97. The molecule has 0 aliphatic carbocycles. The molecule has 4 nitrogen and oxygen atoms in total. The molecule has 4 heteroatoms. The smallest absolute Gasteiger partial charge is 0.340 e. The average Bonchev–Trinajstić information content (AvgIpc) is 2.19. The third kappa shape index (κ3) is 3.37. The van der Waals surface area contributed by atoms with Gasteiger partial charge in [-0.15, -0.1) is 0 Å². The Balaban J connectivity index is 3.19. The number of hydrogen-bond acceptors (Lipinski definition) is 4. The molecule has 0 amide bonds. The molecule has 1 aromatic carbocycles. The molecular formula is C13H20N2O2. The highest BCUT2D eigenvalue weighted by atomic mass is 16.5. The quantitative estimate of drug-likeness (QED) is 0.612. The molecule has 1 rings (SSSR count). The Morgan fingerprint density at radius 3 is 2.41 bits per heavy atom. The zero-order valence-electron chi connectivity index (χ0n) is 11.0. The fourth-order valence-corrected chi connectivity index (χ4v) is 1.58. The number of benzene rings is 1. The maximum absolute atomic E-state index is 11.6. The van der Waals surface area contributed by atoms with Crippen molar-refractivity contribution in [2.45, 2.75) is 33.2 Å². The van der Waals surface area contributed by atoms with Gasteiger partial charge in [0, 0.05) is 16.9 Å². The summed E-state index contributed by atoms with van der Waals surface area (Å²) in [5, 5.41) is 3.31. The Labute approximate surface area is 102 Å². The van der Waals surface area contributed by atoms with E-state index in [2.05, 4.69) is 26.1 Å². The number of aryl methyl sites for hydroxylation is 1. The van der Waals surface area contributed by atoms with Crippen LogP contribution in [-0.2, 0) is 4.74 Å². The van der Waals surface area contributed by atoms with E-state index in [4.69, 9.17) is 10.5 Å². The molecule has 17 heavy (non-hydrogen) atoms. The molecule has 1 aromatic rings. The Morgan fingerprint density at radius 2 is 1.94 bits per heavy atom. The third-order valence-corrected chi connectivity index (χ3v) is 2.31. The van der Waals surface area contributed by atoms with E-state index in [1.807, 2.05) is 13.0 Å². The minimum atomic E-state index is -0.414. The van der Waals surface area contributed by atoms with Crippen LogP contribution in [0.5, 0.6) is 0 Å². The average molecular weight is 236 g/mol. The molecule has 0 aromatic heterocycles. The van der Waals surface area contributed by atoms with Crippen LogP contribution in [0.1, 0.15) is 36.7 Å². The number of methoxy groups -OCH3 is 1. The van der Waals surface area contributed by atoms with Gasteiger partial charge in [0.05, 0.1) is 12.7 Å². The number of esters is 1. The maximum Gasteiger partial charge on any atom is 0.340 e. The van der Waals surface area contributed by atoms with Gasteiger partial charge in [0.1, 0.15) is 0 Å². The van der Waals surface area contributed by atoms with Crippen molar-refractivity contribution in [3.05, 3.63) is 23.3 Å². The molecule has 3 N–H and O–H groups in total. The number of carbonyl (C=O) groups excluding carboxylic acids is 1. The molecule has 94 valence electrons. The number of hydrogen-bond donors (Lipinski definition) is 2. The number of nitrogens with one attached hydrogen (secondary N) is 1. The van der Waals surface area contributed by atoms with E-state index in [1.54, 1.807) is 6.07 Å². The number of carbonyl (C=O) groups is 1. The Hall–Kier alpha value is -1.71. The number of nitrogens with two attached hydrogens (primary N) is 1. The van der Waals surface area contributed by atoms with Crippen LogP contribution < -0.4 is 11.1 Å². The lowest BCUT2D eigenvalue weighted by atomic mass is 10.0. The molecule has 0 heterocycles. The summed E-state index contributed by atoms with van der Waals surface area (Å²) in [4.78, 5) is 11.6. The van der Waals surface area contributed by atoms with Crippen molar-refractivity contribution in [1.82, 2.24) is 0 Å². The van der Waals surface area contributed by atoms with Crippen LogP contribution in [-0.4, -0.2) is 18.6 Å². The molecule has 0 radical (unpaired) electrons. The normalized spacial score (nSPS) is 11.1. The minimum absolute atomic E-state index is 0.0735. The SMILES string of the molecule is COC(=O)c1cc(NC(C)(C)C)cc(C)c1N. The summed E-state index contributed by atoms with van der Waals surface area (Å²) < 4.78 is 4.71. The van der Waals surface area contributed by atoms with Crippen molar-refractivity contribution in [2.24, 2.45) is 0 Å². The van der Waals surface area contributed by atoms with Crippen molar-refractivity contribution in [2.75, 3.05) is 18.2 Å². The molecule has 0 spiro atoms. The van der Waals surface area contributed by atoms with E-state index in [1.165, 1.54) is 7.11 Å². The maximum atomic E-state index is 11.6. The molecular weight excluding hydrogens is 216 g/mol. The van der Waals surface area contributed by atoms with Crippen molar-refractivity contribution < 1.29 is 9.53 Å². The first-order valence-corrected chi connectivity index (χ1v) is 5.51. The second-order valence-electron chi connectivity index (χ2n) is 5.12. The van der Waals surface area contributed by atoms with E-state index in [-0.39, 0.29) is 5.54 Å². The van der Waals surface area contributed by atoms with Crippen LogP contribution in [0.15, 0.2) is 12.1 Å². The first-order chi connectivity index (χ1) is 7.74. The lowest BCUT2D eigenvalue weighted by Gasteiger charge is -2.23. The first kappa shape index (κ1) is 13.4. The van der Waals surface area contributed by atoms with Crippen molar-refractivity contribution in [3.63, 3.8) is 0 Å². The zero-order chi connectivity index (χ0) is 13.2. The predicted octanol–water partition coefficient (Wildman–Crippen LogP) is 2.57. The van der Waals surface area contributed by atoms with Gasteiger partial charge in [-0.3, -0.25) is 0 Å². The molecule has 0 unspecified atom stereocenters. The van der Waals surface area contributed by atoms with E-state index in [0.717, 1.165) is 11.3 Å². The summed E-state index contributed by atoms with van der Waals surface area (Å²) in [6.45, 7) is 8.03. The summed E-state index contributed by atoms with van der Waals surface area (Å²) in [5.41, 5.74) is 8.39. The van der Waals surface area contributed by atoms with Crippen LogP contribution in [0.2, 0.25) is 0 Å². The van der Waals surface area contributed by atoms with Crippen LogP contribution in [0, 0.1) is 6.92 Å². The van der Waals surface area contributed by atoms with Gasteiger partial charge in [-0.05, 0) is 45.4 Å². The fraction of sp³-hybridized carbons (Fsp3) is 0.462. The predicted molar refractivity (Wildman–Crippen MR) is 70.3 cm³/mol. The van der Waals surface area contributed by atoms with Crippen LogP contribution in [0.25, 0.3) is 0 Å². The Morgan fingerprint density at radius 1 is 1.35 bits per heavy atom. The monoisotopic (exact) mass is 236 g/mol. The molecule has 0 aliphatic heterocycles. The highest BCUT2D eigenvalue weighted by Gasteiger charge is 2.16. The standard InChI is InChI=1S/C13H20N2O2/c1-8-6-9(15-13(2,3)4)7-10(11(8)14)12(16)17-5/h6-7,15H,14H2,1-5H3. The third-order valence-electron chi connectivity index (χ3n) is 2.31. The van der Waals surface area contributed by atoms with Gasteiger partial charge in [0.2, 0.25) is 0 Å². The lowest BCUT2D eigenvalue weighted by Crippen LogP contribution is -2.26. The molecule has 0 fully saturated rings. The molecule has 0 atom stereocenters. The molecule has 0 saturated carbocycles. The topological polar surface area (TPSA) is 64.3 Å². The Kier molecular flexibility index (Phi) is 3.66. The zero-order valence-corrected chi connectivity index (χ0v) is 11.0. The van der Waals surface area contributed by atoms with E-state index in [9.17, 15) is 4.79 Å². The van der Waals surface area contributed by atoms with Gasteiger partial charge in [0.15, 0.2) is 0 Å². The number of ether oxygens (including phenoxy) is 1. The summed E-state index contributed by atoms with van der Waals surface area (Å²) in [5.74, 6) is -0.414. The minimum Gasteiger partial charge on any atom is -0.465 e. The Bertz CT molecular complexity index is 434.